The van der Waals surface area contributed by atoms with Crippen molar-refractivity contribution in [2.24, 2.45) is 0 Å². The highest BCUT2D eigenvalue weighted by Gasteiger charge is 2.48. The lowest BCUT2D eigenvalue weighted by Crippen LogP contribution is -2.29. The number of hydrogen-bond donors (Lipinski definition) is 1. The van der Waals surface area contributed by atoms with E-state index in [9.17, 15) is 14.7 Å². The zero-order chi connectivity index (χ0) is 27.0. The number of halogens is 4. The van der Waals surface area contributed by atoms with Crippen molar-refractivity contribution < 1.29 is 14.7 Å². The highest BCUT2D eigenvalue weighted by molar-refractivity contribution is 9.10. The first-order chi connectivity index (χ1) is 18.2. The molecule has 0 saturated carbocycles. The van der Waals surface area contributed by atoms with Crippen molar-refractivity contribution in [3.05, 3.63) is 109 Å². The maximum absolute atomic E-state index is 13.3. The molecule has 4 aromatic rings. The van der Waals surface area contributed by atoms with Crippen LogP contribution in [-0.4, -0.2) is 27.0 Å². The summed E-state index contributed by atoms with van der Waals surface area (Å²) in [6, 6.07) is 17.9. The second kappa shape index (κ2) is 11.4. The minimum Gasteiger partial charge on any atom is -0.507 e. The molecule has 2 heterocycles. The lowest BCUT2D eigenvalue weighted by molar-refractivity contribution is -0.132. The van der Waals surface area contributed by atoms with Gasteiger partial charge in [-0.05, 0) is 47.5 Å². The molecule has 1 aliphatic heterocycles. The van der Waals surface area contributed by atoms with Crippen LogP contribution >= 0.6 is 73.8 Å². The average Bonchev–Trinajstić information content (AvgIpc) is 3.46. The van der Waals surface area contributed by atoms with Crippen LogP contribution in [0.4, 0.5) is 5.13 Å². The molecule has 0 spiro atoms. The normalized spacial score (nSPS) is 16.8. The molecule has 1 aromatic heterocycles. The van der Waals surface area contributed by atoms with E-state index in [0.29, 0.717) is 36.3 Å². The molecule has 38 heavy (non-hydrogen) atoms. The summed E-state index contributed by atoms with van der Waals surface area (Å²) in [4.78, 5) is 27.9. The SMILES string of the molecule is O=C1C(=O)N(c2nnc(SCc3ccc(Cl)cc3Cl)s2)C(c2ccc(Cl)cc2)/C1=C(/O)c1ccc(Br)cc1. The molecule has 3 aromatic carbocycles. The van der Waals surface area contributed by atoms with Crippen LogP contribution in [0.15, 0.2) is 81.1 Å². The Balaban J connectivity index is 1.52. The average molecular weight is 668 g/mol. The molecule has 1 amide bonds. The molecule has 1 N–H and O–H groups in total. The smallest absolute Gasteiger partial charge is 0.301 e. The van der Waals surface area contributed by atoms with Gasteiger partial charge in [0.15, 0.2) is 4.34 Å². The van der Waals surface area contributed by atoms with Gasteiger partial charge >= 0.3 is 5.91 Å². The van der Waals surface area contributed by atoms with Crippen LogP contribution in [0, 0.1) is 0 Å². The van der Waals surface area contributed by atoms with E-state index in [-0.39, 0.29) is 16.5 Å². The maximum Gasteiger partial charge on any atom is 0.301 e. The third kappa shape index (κ3) is 5.50. The van der Waals surface area contributed by atoms with Gasteiger partial charge in [0.05, 0.1) is 11.6 Å². The van der Waals surface area contributed by atoms with E-state index >= 15 is 0 Å². The fourth-order valence-corrected chi connectivity index (χ4v) is 6.71. The van der Waals surface area contributed by atoms with Gasteiger partial charge in [0.25, 0.3) is 5.78 Å². The number of hydrogen-bond acceptors (Lipinski definition) is 7. The van der Waals surface area contributed by atoms with Crippen molar-refractivity contribution in [2.75, 3.05) is 4.90 Å². The number of benzene rings is 3. The van der Waals surface area contributed by atoms with Gasteiger partial charge in [0.2, 0.25) is 5.13 Å². The number of carbonyl (C=O) groups excluding carboxylic acids is 2. The monoisotopic (exact) mass is 665 g/mol. The molecule has 1 atom stereocenters. The number of aliphatic hydroxyl groups excluding tert-OH is 1. The Labute approximate surface area is 249 Å². The molecule has 0 radical (unpaired) electrons. The minimum atomic E-state index is -0.924. The zero-order valence-corrected chi connectivity index (χ0v) is 24.6. The number of anilines is 1. The van der Waals surface area contributed by atoms with Crippen LogP contribution in [0.1, 0.15) is 22.7 Å². The molecule has 5 rings (SSSR count). The van der Waals surface area contributed by atoms with Crippen molar-refractivity contribution in [3.63, 3.8) is 0 Å². The fraction of sp³-hybridized carbons (Fsp3) is 0.0769. The third-order valence-electron chi connectivity index (χ3n) is 5.72. The topological polar surface area (TPSA) is 83.4 Å². The summed E-state index contributed by atoms with van der Waals surface area (Å²) < 4.78 is 1.39. The Morgan fingerprint density at radius 1 is 0.974 bits per heavy atom. The predicted octanol–water partition coefficient (Wildman–Crippen LogP) is 8.18. The van der Waals surface area contributed by atoms with Crippen LogP contribution in [0.3, 0.4) is 0 Å². The minimum absolute atomic E-state index is 0.0444. The maximum atomic E-state index is 13.3. The molecule has 0 bridgehead atoms. The van der Waals surface area contributed by atoms with E-state index in [1.807, 2.05) is 6.07 Å². The third-order valence-corrected chi connectivity index (χ3v) is 9.19. The Morgan fingerprint density at radius 2 is 1.66 bits per heavy atom. The first kappa shape index (κ1) is 27.2. The summed E-state index contributed by atoms with van der Waals surface area (Å²) in [5, 5.41) is 21.4. The summed E-state index contributed by atoms with van der Waals surface area (Å²) >= 11 is 24.3. The van der Waals surface area contributed by atoms with Crippen LogP contribution in [0.2, 0.25) is 15.1 Å². The lowest BCUT2D eigenvalue weighted by Gasteiger charge is -2.22. The Morgan fingerprint density at radius 3 is 2.34 bits per heavy atom. The fourth-order valence-electron chi connectivity index (χ4n) is 3.89. The van der Waals surface area contributed by atoms with E-state index in [1.54, 1.807) is 60.7 Å². The largest absolute Gasteiger partial charge is 0.507 e. The van der Waals surface area contributed by atoms with Crippen LogP contribution < -0.4 is 4.90 Å². The summed E-state index contributed by atoms with van der Waals surface area (Å²) in [7, 11) is 0. The van der Waals surface area contributed by atoms with Gasteiger partial charge in [0.1, 0.15) is 5.76 Å². The van der Waals surface area contributed by atoms with Gasteiger partial charge in [0, 0.05) is 30.9 Å². The molecule has 12 heteroatoms. The summed E-state index contributed by atoms with van der Waals surface area (Å²) in [6.07, 6.45) is 0. The number of aliphatic hydroxyl groups is 1. The van der Waals surface area contributed by atoms with Gasteiger partial charge in [-0.3, -0.25) is 14.5 Å². The van der Waals surface area contributed by atoms with Gasteiger partial charge in [-0.1, -0.05) is 104 Å². The first-order valence-corrected chi connectivity index (χ1v) is 14.7. The first-order valence-electron chi connectivity index (χ1n) is 11.0. The van der Waals surface area contributed by atoms with Crippen molar-refractivity contribution in [2.45, 2.75) is 16.1 Å². The number of carbonyl (C=O) groups is 2. The number of aromatic nitrogens is 2. The van der Waals surface area contributed by atoms with Crippen molar-refractivity contribution in [1.82, 2.24) is 10.2 Å². The molecule has 192 valence electrons. The number of amides is 1. The number of thioether (sulfide) groups is 1. The summed E-state index contributed by atoms with van der Waals surface area (Å²) in [6.45, 7) is 0. The van der Waals surface area contributed by atoms with Gasteiger partial charge in [-0.15, -0.1) is 10.2 Å². The molecular formula is C26H15BrCl3N3O3S2. The standard InChI is InChI=1S/C26H15BrCl3N3O3S2/c27-16-6-1-14(2-7-16)22(34)20-21(13-3-8-17(28)9-4-13)33(24(36)23(20)35)25-31-32-26(38-25)37-12-15-5-10-18(29)11-19(15)30/h1-11,21,34H,12H2/b22-20-. The second-order valence-corrected chi connectivity index (χ2v) is 12.5. The number of Topliss-reactive ketones (excluding diaryl/α,β-unsaturated/α-hetero) is 1. The van der Waals surface area contributed by atoms with Gasteiger partial charge in [-0.25, -0.2) is 0 Å². The zero-order valence-electron chi connectivity index (χ0n) is 19.1. The quantitative estimate of drug-likeness (QED) is 0.0735. The van der Waals surface area contributed by atoms with E-state index < -0.39 is 17.7 Å². The van der Waals surface area contributed by atoms with Crippen LogP contribution in [0.25, 0.3) is 5.76 Å². The van der Waals surface area contributed by atoms with Crippen LogP contribution in [-0.2, 0) is 15.3 Å². The van der Waals surface area contributed by atoms with E-state index in [2.05, 4.69) is 26.1 Å². The molecule has 6 nitrogen and oxygen atoms in total. The summed E-state index contributed by atoms with van der Waals surface area (Å²) in [5.41, 5.74) is 1.81. The van der Waals surface area contributed by atoms with Gasteiger partial charge in [-0.2, -0.15) is 0 Å². The van der Waals surface area contributed by atoms with Crippen LogP contribution in [0.5, 0.6) is 0 Å². The molecule has 0 aliphatic carbocycles. The Bertz CT molecular complexity index is 1580. The molecule has 1 unspecified atom stereocenters. The predicted molar refractivity (Wildman–Crippen MR) is 156 cm³/mol. The Hall–Kier alpha value is -2.40. The highest BCUT2D eigenvalue weighted by atomic mass is 79.9. The number of nitrogens with zero attached hydrogens (tertiary/aromatic N) is 3. The lowest BCUT2D eigenvalue weighted by atomic mass is 9.95. The van der Waals surface area contributed by atoms with Crippen molar-refractivity contribution in [1.29, 1.82) is 0 Å². The van der Waals surface area contributed by atoms with E-state index in [1.165, 1.54) is 28.0 Å². The molecule has 1 fully saturated rings. The number of ketones is 1. The van der Waals surface area contributed by atoms with Gasteiger partial charge < -0.3 is 5.11 Å². The van der Waals surface area contributed by atoms with Crippen molar-refractivity contribution >= 4 is 96.4 Å². The Kier molecular flexibility index (Phi) is 8.14. The van der Waals surface area contributed by atoms with E-state index in [0.717, 1.165) is 10.0 Å². The number of rotatable bonds is 6. The molecule has 1 aliphatic rings. The second-order valence-electron chi connectivity index (χ2n) is 8.10. The molecular weight excluding hydrogens is 653 g/mol. The van der Waals surface area contributed by atoms with Crippen molar-refractivity contribution in [3.8, 4) is 0 Å². The molecule has 1 saturated heterocycles. The summed E-state index contributed by atoms with van der Waals surface area (Å²) in [5.74, 6) is -1.40. The highest BCUT2D eigenvalue weighted by Crippen LogP contribution is 2.44. The van der Waals surface area contributed by atoms with E-state index in [4.69, 9.17) is 34.8 Å².